The Bertz CT molecular complexity index is 210. The van der Waals surface area contributed by atoms with Gasteiger partial charge in [0.1, 0.15) is 12.2 Å². The second kappa shape index (κ2) is 4.19. The van der Waals surface area contributed by atoms with Crippen molar-refractivity contribution in [3.63, 3.8) is 0 Å². The molecule has 1 nitrogen and oxygen atoms in total. The predicted octanol–water partition coefficient (Wildman–Crippen LogP) is 1.97. The number of ether oxygens (including phenoxy) is 1. The first-order valence-corrected chi connectivity index (χ1v) is 4.38. The molecule has 0 saturated heterocycles. The zero-order chi connectivity index (χ0) is 8.86. The molecule has 0 amide bonds. The molecule has 1 saturated carbocycles. The van der Waals surface area contributed by atoms with Crippen LogP contribution in [0.1, 0.15) is 32.1 Å². The van der Waals surface area contributed by atoms with Crippen molar-refractivity contribution >= 4 is 0 Å². The summed E-state index contributed by atoms with van der Waals surface area (Å²) >= 11 is 0. The summed E-state index contributed by atoms with van der Waals surface area (Å²) in [7, 11) is 0. The topological polar surface area (TPSA) is 9.23 Å². The van der Waals surface area contributed by atoms with Gasteiger partial charge in [0.2, 0.25) is 0 Å². The lowest BCUT2D eigenvalue weighted by atomic mass is 9.85. The summed E-state index contributed by atoms with van der Waals surface area (Å²) in [5.74, 6) is 5.19. The smallest absolute Gasteiger partial charge is 0.129 e. The van der Waals surface area contributed by atoms with Crippen molar-refractivity contribution in [1.29, 1.82) is 0 Å². The van der Waals surface area contributed by atoms with Crippen LogP contribution in [0.2, 0.25) is 0 Å². The Labute approximate surface area is 74.5 Å². The Balaban J connectivity index is 2.51. The van der Waals surface area contributed by atoms with E-state index >= 15 is 0 Å². The van der Waals surface area contributed by atoms with E-state index in [-0.39, 0.29) is 5.60 Å². The van der Waals surface area contributed by atoms with E-state index in [4.69, 9.17) is 17.6 Å². The molecular weight excluding hydrogens is 148 g/mol. The molecular formula is C11H14O. The molecule has 0 N–H and O–H groups in total. The SMILES string of the molecule is C#CCOC1(C#C)CCCCC1. The zero-order valence-corrected chi connectivity index (χ0v) is 7.31. The minimum atomic E-state index is -0.343. The van der Waals surface area contributed by atoms with E-state index in [1.807, 2.05) is 0 Å². The molecule has 1 aliphatic rings. The summed E-state index contributed by atoms with van der Waals surface area (Å²) < 4.78 is 5.50. The van der Waals surface area contributed by atoms with Crippen LogP contribution >= 0.6 is 0 Å². The van der Waals surface area contributed by atoms with Gasteiger partial charge in [-0.1, -0.05) is 18.3 Å². The van der Waals surface area contributed by atoms with E-state index in [0.29, 0.717) is 6.61 Å². The van der Waals surface area contributed by atoms with E-state index < -0.39 is 0 Å². The fraction of sp³-hybridized carbons (Fsp3) is 0.636. The molecule has 0 aromatic rings. The van der Waals surface area contributed by atoms with Crippen molar-refractivity contribution in [2.24, 2.45) is 0 Å². The van der Waals surface area contributed by atoms with Crippen molar-refractivity contribution in [2.75, 3.05) is 6.61 Å². The molecule has 0 aliphatic heterocycles. The van der Waals surface area contributed by atoms with Crippen LogP contribution < -0.4 is 0 Å². The summed E-state index contributed by atoms with van der Waals surface area (Å²) in [4.78, 5) is 0. The largest absolute Gasteiger partial charge is 0.350 e. The van der Waals surface area contributed by atoms with Gasteiger partial charge < -0.3 is 4.74 Å². The van der Waals surface area contributed by atoms with Gasteiger partial charge >= 0.3 is 0 Å². The highest BCUT2D eigenvalue weighted by molar-refractivity contribution is 5.10. The summed E-state index contributed by atoms with van der Waals surface area (Å²) in [6.45, 7) is 0.337. The summed E-state index contributed by atoms with van der Waals surface area (Å²) in [6, 6.07) is 0. The van der Waals surface area contributed by atoms with Crippen molar-refractivity contribution in [1.82, 2.24) is 0 Å². The van der Waals surface area contributed by atoms with Crippen LogP contribution in [0.3, 0.4) is 0 Å². The van der Waals surface area contributed by atoms with Crippen molar-refractivity contribution < 1.29 is 4.74 Å². The van der Waals surface area contributed by atoms with Gasteiger partial charge in [-0.3, -0.25) is 0 Å². The number of terminal acetylenes is 2. The van der Waals surface area contributed by atoms with Crippen molar-refractivity contribution in [3.05, 3.63) is 0 Å². The van der Waals surface area contributed by atoms with E-state index in [2.05, 4.69) is 11.8 Å². The highest BCUT2D eigenvalue weighted by Crippen LogP contribution is 2.30. The van der Waals surface area contributed by atoms with Gasteiger partial charge in [-0.25, -0.2) is 0 Å². The molecule has 1 heteroatoms. The fourth-order valence-electron chi connectivity index (χ4n) is 1.63. The van der Waals surface area contributed by atoms with Gasteiger partial charge in [-0.2, -0.15) is 0 Å². The second-order valence-corrected chi connectivity index (χ2v) is 3.19. The van der Waals surface area contributed by atoms with Crippen LogP contribution in [0.4, 0.5) is 0 Å². The maximum atomic E-state index is 5.50. The first-order valence-electron chi connectivity index (χ1n) is 4.38. The fourth-order valence-corrected chi connectivity index (χ4v) is 1.63. The molecule has 64 valence electrons. The maximum Gasteiger partial charge on any atom is 0.129 e. The molecule has 0 atom stereocenters. The van der Waals surface area contributed by atoms with E-state index in [1.54, 1.807) is 0 Å². The standard InChI is InChI=1S/C11H14O/c1-3-10-12-11(4-2)8-6-5-7-9-11/h1-2H,5-10H2. The van der Waals surface area contributed by atoms with Crippen LogP contribution in [-0.4, -0.2) is 12.2 Å². The third-order valence-corrected chi connectivity index (χ3v) is 2.36. The van der Waals surface area contributed by atoms with Crippen LogP contribution in [-0.2, 0) is 4.74 Å². The Hall–Kier alpha value is -0.920. The van der Waals surface area contributed by atoms with Crippen LogP contribution in [0.15, 0.2) is 0 Å². The predicted molar refractivity (Wildman–Crippen MR) is 49.4 cm³/mol. The monoisotopic (exact) mass is 162 g/mol. The summed E-state index contributed by atoms with van der Waals surface area (Å²) in [6.07, 6.45) is 16.1. The van der Waals surface area contributed by atoms with E-state index in [0.717, 1.165) is 25.7 Å². The molecule has 0 aromatic heterocycles. The molecule has 1 rings (SSSR count). The molecule has 12 heavy (non-hydrogen) atoms. The Morgan fingerprint density at radius 1 is 1.17 bits per heavy atom. The first kappa shape index (κ1) is 9.17. The van der Waals surface area contributed by atoms with Gasteiger partial charge in [0.05, 0.1) is 0 Å². The Kier molecular flexibility index (Phi) is 3.20. The minimum absolute atomic E-state index is 0.337. The first-order chi connectivity index (χ1) is 5.83. The molecule has 0 unspecified atom stereocenters. The van der Waals surface area contributed by atoms with Crippen LogP contribution in [0, 0.1) is 24.7 Å². The second-order valence-electron chi connectivity index (χ2n) is 3.19. The molecule has 0 heterocycles. The van der Waals surface area contributed by atoms with Crippen LogP contribution in [0.25, 0.3) is 0 Å². The molecule has 0 aromatic carbocycles. The average Bonchev–Trinajstić information content (AvgIpc) is 2.16. The van der Waals surface area contributed by atoms with Gasteiger partial charge in [-0.15, -0.1) is 12.8 Å². The summed E-state index contributed by atoms with van der Waals surface area (Å²) in [5, 5.41) is 0. The minimum Gasteiger partial charge on any atom is -0.350 e. The average molecular weight is 162 g/mol. The quantitative estimate of drug-likeness (QED) is 0.564. The third-order valence-electron chi connectivity index (χ3n) is 2.36. The third kappa shape index (κ3) is 2.03. The normalized spacial score (nSPS) is 20.8. The maximum absolute atomic E-state index is 5.50. The Morgan fingerprint density at radius 3 is 2.33 bits per heavy atom. The van der Waals surface area contributed by atoms with E-state index in [1.165, 1.54) is 6.42 Å². The Morgan fingerprint density at radius 2 is 1.83 bits per heavy atom. The van der Waals surface area contributed by atoms with Crippen LogP contribution in [0.5, 0.6) is 0 Å². The zero-order valence-electron chi connectivity index (χ0n) is 7.31. The lowest BCUT2D eigenvalue weighted by molar-refractivity contribution is -0.00791. The van der Waals surface area contributed by atoms with Gasteiger partial charge in [-0.05, 0) is 25.7 Å². The molecule has 1 aliphatic carbocycles. The van der Waals surface area contributed by atoms with Crippen molar-refractivity contribution in [3.8, 4) is 24.7 Å². The van der Waals surface area contributed by atoms with Gasteiger partial charge in [0.25, 0.3) is 0 Å². The number of rotatable bonds is 2. The van der Waals surface area contributed by atoms with Gasteiger partial charge in [0, 0.05) is 0 Å². The molecule has 1 fully saturated rings. The van der Waals surface area contributed by atoms with E-state index in [9.17, 15) is 0 Å². The van der Waals surface area contributed by atoms with Crippen molar-refractivity contribution in [2.45, 2.75) is 37.7 Å². The molecule has 0 radical (unpaired) electrons. The lowest BCUT2D eigenvalue weighted by Crippen LogP contribution is -2.33. The number of hydrogen-bond donors (Lipinski definition) is 0. The highest BCUT2D eigenvalue weighted by atomic mass is 16.5. The van der Waals surface area contributed by atoms with Gasteiger partial charge in [0.15, 0.2) is 0 Å². The summed E-state index contributed by atoms with van der Waals surface area (Å²) in [5.41, 5.74) is -0.343. The number of hydrogen-bond acceptors (Lipinski definition) is 1. The lowest BCUT2D eigenvalue weighted by Gasteiger charge is -2.31. The molecule has 0 bridgehead atoms. The molecule has 0 spiro atoms. The highest BCUT2D eigenvalue weighted by Gasteiger charge is 2.30.